The summed E-state index contributed by atoms with van der Waals surface area (Å²) in [4.78, 5) is 45.5. The lowest BCUT2D eigenvalue weighted by Crippen LogP contribution is -2.25. The molecule has 0 aliphatic rings. The Morgan fingerprint density at radius 2 is 1.85 bits per heavy atom. The molecule has 1 unspecified atom stereocenters. The molecule has 1 atom stereocenters. The van der Waals surface area contributed by atoms with Crippen LogP contribution in [-0.2, 0) is 27.3 Å². The van der Waals surface area contributed by atoms with E-state index in [0.717, 1.165) is 23.5 Å². The van der Waals surface area contributed by atoms with E-state index in [2.05, 4.69) is 5.10 Å². The summed E-state index contributed by atoms with van der Waals surface area (Å²) in [6.45, 7) is -0.554. The number of carboxylic acids is 1. The van der Waals surface area contributed by atoms with Gasteiger partial charge in [-0.05, 0) is 43.7 Å². The largest absolute Gasteiger partial charge is 0.480 e. The van der Waals surface area contributed by atoms with Crippen molar-refractivity contribution < 1.29 is 32.6 Å². The van der Waals surface area contributed by atoms with Gasteiger partial charge in [0.15, 0.2) is 5.82 Å². The average molecular weight is 656 g/mol. The predicted octanol–water partition coefficient (Wildman–Crippen LogP) is 5.04. The molecule has 0 fully saturated rings. The van der Waals surface area contributed by atoms with Crippen LogP contribution in [0.5, 0.6) is 0 Å². The quantitative estimate of drug-likeness (QED) is 0.208. The number of carbonyl (C=O) groups excluding carboxylic acids is 1. The van der Waals surface area contributed by atoms with Crippen LogP contribution in [0.2, 0.25) is 10.0 Å². The van der Waals surface area contributed by atoms with Crippen LogP contribution in [0.15, 0.2) is 39.9 Å². The Hall–Kier alpha value is -3.33. The minimum Gasteiger partial charge on any atom is -0.480 e. The molecule has 0 bridgehead atoms. The van der Waals surface area contributed by atoms with Crippen LogP contribution in [0.4, 0.5) is 13.2 Å². The summed E-state index contributed by atoms with van der Waals surface area (Å²) < 4.78 is 47.4. The van der Waals surface area contributed by atoms with E-state index >= 15 is 0 Å². The molecule has 4 aromatic rings. The topological polar surface area (TPSA) is 125 Å². The maximum Gasteiger partial charge on any atom is 0.355 e. The molecule has 17 heteroatoms. The van der Waals surface area contributed by atoms with Gasteiger partial charge < -0.3 is 9.84 Å². The van der Waals surface area contributed by atoms with Crippen molar-refractivity contribution in [3.05, 3.63) is 77.7 Å². The fraction of sp³-hybridized carbons (Fsp3) is 0.292. The average Bonchev–Trinajstić information content (AvgIpc) is 3.36. The SMILES string of the molecule is CCOC(=O)C(Cl)Cc1cc(-n2nc(C)n(C(F)F)c2=O)c(F)cc1Cl.O=C(O)Cn1c(=O)sc2cccc(Cl)c21. The molecule has 2 aromatic carbocycles. The summed E-state index contributed by atoms with van der Waals surface area (Å²) in [5.74, 6) is -2.98. The zero-order valence-corrected chi connectivity index (χ0v) is 24.2. The Labute approximate surface area is 248 Å². The number of halogens is 6. The smallest absolute Gasteiger partial charge is 0.355 e. The number of carboxylic acid groups (broad SMARTS) is 1. The summed E-state index contributed by atoms with van der Waals surface area (Å²) in [5, 5.41) is 11.6. The van der Waals surface area contributed by atoms with Crippen molar-refractivity contribution >= 4 is 68.3 Å². The maximum absolute atomic E-state index is 14.2. The molecule has 220 valence electrons. The number of carbonyl (C=O) groups is 2. The van der Waals surface area contributed by atoms with E-state index in [4.69, 9.17) is 44.6 Å². The van der Waals surface area contributed by atoms with Gasteiger partial charge in [0.25, 0.3) is 0 Å². The van der Waals surface area contributed by atoms with Gasteiger partial charge in [0.1, 0.15) is 23.4 Å². The second-order valence-electron chi connectivity index (χ2n) is 8.14. The minimum atomic E-state index is -3.12. The molecule has 0 saturated heterocycles. The Morgan fingerprint density at radius 1 is 1.17 bits per heavy atom. The second kappa shape index (κ2) is 13.6. The van der Waals surface area contributed by atoms with Crippen molar-refractivity contribution in [2.45, 2.75) is 38.7 Å². The van der Waals surface area contributed by atoms with Gasteiger partial charge in [0.05, 0.1) is 21.8 Å². The first-order valence-corrected chi connectivity index (χ1v) is 13.5. The van der Waals surface area contributed by atoms with Crippen LogP contribution < -0.4 is 10.6 Å². The number of aryl methyl sites for hydroxylation is 1. The summed E-state index contributed by atoms with van der Waals surface area (Å²) >= 11 is 18.8. The number of hydrogen-bond donors (Lipinski definition) is 1. The molecular formula is C24H20Cl3F3N4O6S. The Morgan fingerprint density at radius 3 is 2.44 bits per heavy atom. The van der Waals surface area contributed by atoms with Crippen LogP contribution in [0.25, 0.3) is 15.9 Å². The van der Waals surface area contributed by atoms with Crippen molar-refractivity contribution in [1.29, 1.82) is 0 Å². The molecule has 1 N–H and O–H groups in total. The van der Waals surface area contributed by atoms with E-state index in [0.29, 0.717) is 19.9 Å². The normalized spacial score (nSPS) is 11.8. The van der Waals surface area contributed by atoms with E-state index in [9.17, 15) is 32.3 Å². The number of aromatic nitrogens is 4. The van der Waals surface area contributed by atoms with Gasteiger partial charge in [0, 0.05) is 11.4 Å². The van der Waals surface area contributed by atoms with Gasteiger partial charge in [0.2, 0.25) is 0 Å². The number of alkyl halides is 3. The summed E-state index contributed by atoms with van der Waals surface area (Å²) in [6, 6.07) is 7.13. The third-order valence-corrected chi connectivity index (χ3v) is 7.33. The molecule has 0 spiro atoms. The van der Waals surface area contributed by atoms with E-state index in [1.807, 2.05) is 0 Å². The lowest BCUT2D eigenvalue weighted by Gasteiger charge is -2.12. The van der Waals surface area contributed by atoms with Gasteiger partial charge in [-0.15, -0.1) is 16.7 Å². The van der Waals surface area contributed by atoms with Crippen molar-refractivity contribution in [2.75, 3.05) is 6.61 Å². The number of ether oxygens (including phenoxy) is 1. The predicted molar refractivity (Wildman–Crippen MR) is 147 cm³/mol. The number of aliphatic carboxylic acids is 1. The molecule has 10 nitrogen and oxygen atoms in total. The van der Waals surface area contributed by atoms with E-state index in [1.165, 1.54) is 11.5 Å². The molecule has 0 aliphatic carbocycles. The third kappa shape index (κ3) is 7.31. The van der Waals surface area contributed by atoms with Crippen molar-refractivity contribution in [3.8, 4) is 5.69 Å². The summed E-state index contributed by atoms with van der Waals surface area (Å²) in [6.07, 6.45) is -0.115. The highest BCUT2D eigenvalue weighted by Crippen LogP contribution is 2.26. The van der Waals surface area contributed by atoms with Gasteiger partial charge in [-0.1, -0.05) is 40.6 Å². The number of rotatable bonds is 8. The standard InChI is InChI=1S/C15H14Cl2F3N3O3.C9H6ClNO3S/c1-3-26-13(24)10(17)4-8-5-12(11(18)6-9(8)16)23-15(25)22(14(19)20)7(2)21-23;10-5-2-1-3-6-8(5)11(4-7(12)13)9(14)15-6/h5-6,10,14H,3-4H2,1-2H3;1-3H,4H2,(H,12,13). The van der Waals surface area contributed by atoms with Crippen LogP contribution in [0, 0.1) is 12.7 Å². The van der Waals surface area contributed by atoms with Gasteiger partial charge >= 0.3 is 29.1 Å². The van der Waals surface area contributed by atoms with Crippen molar-refractivity contribution in [1.82, 2.24) is 18.9 Å². The van der Waals surface area contributed by atoms with E-state index in [-0.39, 0.29) is 51.1 Å². The maximum atomic E-state index is 14.2. The van der Waals surface area contributed by atoms with Crippen LogP contribution in [-0.4, -0.2) is 47.9 Å². The summed E-state index contributed by atoms with van der Waals surface area (Å²) in [7, 11) is 0. The molecular weight excluding hydrogens is 636 g/mol. The molecule has 0 radical (unpaired) electrons. The van der Waals surface area contributed by atoms with Crippen LogP contribution in [0.1, 0.15) is 24.9 Å². The molecule has 2 aromatic heterocycles. The zero-order valence-electron chi connectivity index (χ0n) is 21.1. The molecule has 2 heterocycles. The number of esters is 1. The first kappa shape index (κ1) is 32.2. The van der Waals surface area contributed by atoms with E-state index in [1.54, 1.807) is 25.1 Å². The Balaban J connectivity index is 0.000000260. The molecule has 0 saturated carbocycles. The summed E-state index contributed by atoms with van der Waals surface area (Å²) in [5.41, 5.74) is -0.869. The van der Waals surface area contributed by atoms with Crippen LogP contribution in [0.3, 0.4) is 0 Å². The highest BCUT2D eigenvalue weighted by molar-refractivity contribution is 7.16. The first-order chi connectivity index (χ1) is 19.3. The monoisotopic (exact) mass is 654 g/mol. The van der Waals surface area contributed by atoms with Crippen molar-refractivity contribution in [3.63, 3.8) is 0 Å². The molecule has 0 amide bonds. The number of benzene rings is 2. The molecule has 41 heavy (non-hydrogen) atoms. The minimum absolute atomic E-state index is 0.0424. The van der Waals surface area contributed by atoms with Crippen molar-refractivity contribution in [2.24, 2.45) is 0 Å². The number of nitrogens with zero attached hydrogens (tertiary/aromatic N) is 4. The lowest BCUT2D eigenvalue weighted by atomic mass is 10.1. The van der Waals surface area contributed by atoms with Gasteiger partial charge in [-0.2, -0.15) is 13.5 Å². The first-order valence-electron chi connectivity index (χ1n) is 11.5. The number of thiazole rings is 1. The number of hydrogen-bond acceptors (Lipinski definition) is 7. The van der Waals surface area contributed by atoms with E-state index < -0.39 is 35.4 Å². The molecule has 0 aliphatic heterocycles. The second-order valence-corrected chi connectivity index (χ2v) is 10.5. The Bertz CT molecular complexity index is 1720. The third-order valence-electron chi connectivity index (χ3n) is 5.39. The fourth-order valence-corrected chi connectivity index (χ4v) is 5.33. The van der Waals surface area contributed by atoms with Gasteiger partial charge in [-0.3, -0.25) is 19.0 Å². The lowest BCUT2D eigenvalue weighted by molar-refractivity contribution is -0.142. The van der Waals surface area contributed by atoms with Crippen LogP contribution >= 0.6 is 46.1 Å². The van der Waals surface area contributed by atoms with Gasteiger partial charge in [-0.25, -0.2) is 13.8 Å². The molecule has 4 rings (SSSR count). The Kier molecular flexibility index (Phi) is 10.6. The fourth-order valence-electron chi connectivity index (χ4n) is 3.63. The number of para-hydroxylation sites is 1. The zero-order chi connectivity index (χ0) is 30.6. The highest BCUT2D eigenvalue weighted by Gasteiger charge is 2.23. The highest BCUT2D eigenvalue weighted by atomic mass is 35.5. The number of fused-ring (bicyclic) bond motifs is 1.